The summed E-state index contributed by atoms with van der Waals surface area (Å²) in [6.07, 6.45) is 0.569. The van der Waals surface area contributed by atoms with Crippen LogP contribution in [0.5, 0.6) is 0 Å². The highest BCUT2D eigenvalue weighted by Gasteiger charge is 2.17. The van der Waals surface area contributed by atoms with E-state index < -0.39 is 5.97 Å². The second kappa shape index (κ2) is 13.7. The number of rotatable bonds is 8. The molecule has 12 heteroatoms. The maximum Gasteiger partial charge on any atom is 0.338 e. The van der Waals surface area contributed by atoms with Crippen LogP contribution in [0.1, 0.15) is 40.1 Å². The summed E-state index contributed by atoms with van der Waals surface area (Å²) in [6, 6.07) is 24.2. The van der Waals surface area contributed by atoms with E-state index in [1.165, 1.54) is 0 Å². The first-order valence-electron chi connectivity index (χ1n) is 13.5. The van der Waals surface area contributed by atoms with Gasteiger partial charge in [0.2, 0.25) is 0 Å². The van der Waals surface area contributed by atoms with Crippen LogP contribution >= 0.6 is 31.9 Å². The molecule has 0 radical (unpaired) electrons. The van der Waals surface area contributed by atoms with Crippen LogP contribution in [0.4, 0.5) is 23.4 Å². The van der Waals surface area contributed by atoms with Crippen molar-refractivity contribution in [2.24, 2.45) is 0 Å². The van der Waals surface area contributed by atoms with E-state index in [1.807, 2.05) is 55.5 Å². The Labute approximate surface area is 268 Å². The summed E-state index contributed by atoms with van der Waals surface area (Å²) in [5, 5.41) is 15.4. The number of aryl methyl sites for hydroxylation is 1. The van der Waals surface area contributed by atoms with Gasteiger partial charge in [-0.1, -0.05) is 31.2 Å². The number of carboxylic acid groups (broad SMARTS) is 1. The molecule has 6 aromatic rings. The average molecular weight is 722 g/mol. The van der Waals surface area contributed by atoms with Gasteiger partial charge in [0.25, 0.3) is 12.0 Å². The Bertz CT molecular complexity index is 1970. The Kier molecular flexibility index (Phi) is 9.61. The number of fused-ring (bicyclic) bond motifs is 2. The molecule has 224 valence electrons. The normalized spacial score (nSPS) is 10.7. The van der Waals surface area contributed by atoms with Gasteiger partial charge in [0.15, 0.2) is 11.2 Å². The monoisotopic (exact) mass is 720 g/mol. The Hall–Kier alpha value is -4.68. The lowest BCUT2D eigenvalue weighted by Gasteiger charge is -2.03. The van der Waals surface area contributed by atoms with Gasteiger partial charge in [-0.25, -0.2) is 9.59 Å². The van der Waals surface area contributed by atoms with Crippen molar-refractivity contribution in [3.8, 4) is 0 Å². The van der Waals surface area contributed by atoms with E-state index in [4.69, 9.17) is 13.6 Å². The number of aromatic nitrogens is 2. The molecule has 0 bridgehead atoms. The zero-order valence-corrected chi connectivity index (χ0v) is 26.7. The molecule has 0 aliphatic carbocycles. The van der Waals surface area contributed by atoms with Gasteiger partial charge in [-0.3, -0.25) is 0 Å². The van der Waals surface area contributed by atoms with Gasteiger partial charge >= 0.3 is 11.9 Å². The molecule has 4 aromatic carbocycles. The third-order valence-electron chi connectivity index (χ3n) is 6.38. The largest absolute Gasteiger partial charge is 0.478 e. The number of nitrogens with one attached hydrogen (secondary N) is 2. The average Bonchev–Trinajstić information content (AvgIpc) is 3.62. The minimum Gasteiger partial charge on any atom is -0.478 e. The van der Waals surface area contributed by atoms with E-state index in [0.29, 0.717) is 58.4 Å². The summed E-state index contributed by atoms with van der Waals surface area (Å²) in [5.74, 6) is -1.32. The molecule has 0 spiro atoms. The molecule has 0 atom stereocenters. The number of ether oxygens (including phenoxy) is 1. The van der Waals surface area contributed by atoms with Crippen LogP contribution in [0.3, 0.4) is 0 Å². The highest BCUT2D eigenvalue weighted by Crippen LogP contribution is 2.30. The number of anilines is 4. The predicted molar refractivity (Wildman–Crippen MR) is 175 cm³/mol. The van der Waals surface area contributed by atoms with E-state index in [9.17, 15) is 14.7 Å². The predicted octanol–water partition coefficient (Wildman–Crippen LogP) is 9.11. The van der Waals surface area contributed by atoms with E-state index in [-0.39, 0.29) is 11.5 Å². The molecule has 3 N–H and O–H groups in total. The lowest BCUT2D eigenvalue weighted by molar-refractivity contribution is 0.0526. The summed E-state index contributed by atoms with van der Waals surface area (Å²) in [6.45, 7) is 4.01. The number of hydrogen-bond donors (Lipinski definition) is 3. The first-order valence-corrected chi connectivity index (χ1v) is 15.1. The number of nitrogens with zero attached hydrogens (tertiary/aromatic N) is 2. The van der Waals surface area contributed by atoms with E-state index in [0.717, 1.165) is 20.3 Å². The number of aromatic carboxylic acids is 1. The molecule has 2 heterocycles. The van der Waals surface area contributed by atoms with Crippen molar-refractivity contribution >= 4 is 89.4 Å². The van der Waals surface area contributed by atoms with Crippen molar-refractivity contribution < 1.29 is 28.3 Å². The lowest BCUT2D eigenvalue weighted by atomic mass is 10.0. The van der Waals surface area contributed by atoms with Crippen molar-refractivity contribution in [1.82, 2.24) is 9.97 Å². The van der Waals surface area contributed by atoms with E-state index in [1.54, 1.807) is 37.3 Å². The van der Waals surface area contributed by atoms with Crippen LogP contribution in [-0.2, 0) is 11.2 Å². The summed E-state index contributed by atoms with van der Waals surface area (Å²) in [4.78, 5) is 31.8. The van der Waals surface area contributed by atoms with Gasteiger partial charge in [0, 0.05) is 8.95 Å². The number of oxazole rings is 2. The lowest BCUT2D eigenvalue weighted by Crippen LogP contribution is -2.03. The topological polar surface area (TPSA) is 140 Å². The van der Waals surface area contributed by atoms with Crippen LogP contribution in [0.15, 0.2) is 96.6 Å². The molecule has 0 unspecified atom stereocenters. The van der Waals surface area contributed by atoms with Gasteiger partial charge in [0.05, 0.1) is 29.1 Å². The molecule has 2 aromatic heterocycles. The fourth-order valence-electron chi connectivity index (χ4n) is 4.34. The maximum atomic E-state index is 11.7. The Morgan fingerprint density at radius 1 is 0.818 bits per heavy atom. The van der Waals surface area contributed by atoms with Crippen molar-refractivity contribution in [3.63, 3.8) is 0 Å². The van der Waals surface area contributed by atoms with Crippen LogP contribution < -0.4 is 10.6 Å². The minimum absolute atomic E-state index is 0.260. The molecule has 0 aliphatic rings. The molecule has 0 saturated heterocycles. The number of carboxylic acids is 1. The molecule has 0 amide bonds. The summed E-state index contributed by atoms with van der Waals surface area (Å²) in [5.41, 5.74) is 5.40. The van der Waals surface area contributed by atoms with Crippen molar-refractivity contribution in [2.75, 3.05) is 17.2 Å². The van der Waals surface area contributed by atoms with Gasteiger partial charge in [-0.15, -0.1) is 0 Å². The number of halogens is 2. The molecule has 0 fully saturated rings. The standard InChI is InChI=1S/2C16H13BrN2O3/c1-2-21-15(20)10-7-8-14-13(9-10)19-16(22-14)18-12-6-4-3-5-11(12)17;1-2-9-10(15(20)21)7-8-13-14(9)19-16(22-13)18-12-6-4-3-5-11(12)17/h3-9H,2H2,1H3,(H,18,19);3-8H,2H2,1H3,(H,18,19)(H,20,21). The highest BCUT2D eigenvalue weighted by atomic mass is 79.9. The zero-order chi connectivity index (χ0) is 31.2. The number of esters is 1. The van der Waals surface area contributed by atoms with Crippen LogP contribution in [0.25, 0.3) is 22.2 Å². The number of benzene rings is 4. The number of carbonyl (C=O) groups is 2. The summed E-state index contributed by atoms with van der Waals surface area (Å²) >= 11 is 6.90. The quantitative estimate of drug-likeness (QED) is 0.130. The highest BCUT2D eigenvalue weighted by molar-refractivity contribution is 9.11. The number of carbonyl (C=O) groups excluding carboxylic acids is 1. The second-order valence-electron chi connectivity index (χ2n) is 9.25. The number of para-hydroxylation sites is 2. The fraction of sp³-hybridized carbons (Fsp3) is 0.125. The zero-order valence-electron chi connectivity index (χ0n) is 23.6. The van der Waals surface area contributed by atoms with Crippen molar-refractivity contribution in [1.29, 1.82) is 0 Å². The molecule has 0 aliphatic heterocycles. The van der Waals surface area contributed by atoms with E-state index >= 15 is 0 Å². The molecule has 10 nitrogen and oxygen atoms in total. The van der Waals surface area contributed by atoms with Gasteiger partial charge in [-0.05, 0) is 105 Å². The molecule has 0 saturated carbocycles. The minimum atomic E-state index is -0.956. The van der Waals surface area contributed by atoms with E-state index in [2.05, 4.69) is 52.5 Å². The fourth-order valence-corrected chi connectivity index (χ4v) is 5.11. The molecular formula is C32H26Br2N4O6. The summed E-state index contributed by atoms with van der Waals surface area (Å²) in [7, 11) is 0. The third-order valence-corrected chi connectivity index (χ3v) is 7.76. The van der Waals surface area contributed by atoms with Crippen LogP contribution in [0, 0.1) is 0 Å². The Balaban J connectivity index is 0.000000175. The Morgan fingerprint density at radius 3 is 2.00 bits per heavy atom. The first-order chi connectivity index (χ1) is 21.3. The van der Waals surface area contributed by atoms with Crippen LogP contribution in [0.2, 0.25) is 0 Å². The van der Waals surface area contributed by atoms with Gasteiger partial charge in [0.1, 0.15) is 11.0 Å². The summed E-state index contributed by atoms with van der Waals surface area (Å²) < 4.78 is 18.1. The van der Waals surface area contributed by atoms with Crippen molar-refractivity contribution in [3.05, 3.63) is 104 Å². The first kappa shape index (κ1) is 30.8. The molecule has 6 rings (SSSR count). The molecular weight excluding hydrogens is 696 g/mol. The smallest absolute Gasteiger partial charge is 0.338 e. The van der Waals surface area contributed by atoms with Crippen LogP contribution in [-0.4, -0.2) is 33.6 Å². The third kappa shape index (κ3) is 6.92. The SMILES string of the molecule is CCOC(=O)c1ccc2oc(Nc3ccccc3Br)nc2c1.CCc1c(C(=O)O)ccc2oc(Nc3ccccc3Br)nc12. The Morgan fingerprint density at radius 2 is 1.41 bits per heavy atom. The van der Waals surface area contributed by atoms with Crippen molar-refractivity contribution in [2.45, 2.75) is 20.3 Å². The maximum absolute atomic E-state index is 11.7. The van der Waals surface area contributed by atoms with Gasteiger partial charge < -0.3 is 29.3 Å². The van der Waals surface area contributed by atoms with Gasteiger partial charge in [-0.2, -0.15) is 9.97 Å². The second-order valence-corrected chi connectivity index (χ2v) is 11.0. The number of hydrogen-bond acceptors (Lipinski definition) is 9. The molecule has 44 heavy (non-hydrogen) atoms.